The zero-order valence-electron chi connectivity index (χ0n) is 52.5. The molecule has 0 bridgehead atoms. The number of nitrogens with zero attached hydrogens (tertiary/aromatic N) is 1. The Morgan fingerprint density at radius 1 is 0.200 bits per heavy atom. The average molecular weight is 1080 g/mol. The Morgan fingerprint density at radius 3 is 0.413 bits per heavy atom. The Balaban J connectivity index is 4.46. The van der Waals surface area contributed by atoms with E-state index in [4.69, 9.17) is 0 Å². The Kier molecular flexibility index (Phi) is 62.9. The molecule has 0 aromatic carbocycles. The van der Waals surface area contributed by atoms with Gasteiger partial charge in [-0.25, -0.2) is 8.42 Å². The molecule has 0 fully saturated rings. The number of hydrogen-bond acceptors (Lipinski definition) is 3. The largest absolute Gasteiger partial charge is 0.744 e. The Bertz CT molecular complexity index is 1030. The van der Waals surface area contributed by atoms with Crippen LogP contribution in [-0.4, -0.2) is 43.0 Å². The van der Waals surface area contributed by atoms with Crippen LogP contribution in [0.1, 0.15) is 425 Å². The first-order chi connectivity index (χ1) is 36.9. The summed E-state index contributed by atoms with van der Waals surface area (Å²) < 4.78 is 38.1. The van der Waals surface area contributed by atoms with Gasteiger partial charge in [-0.15, -0.1) is 0 Å². The lowest BCUT2D eigenvalue weighted by atomic mass is 10.0. The van der Waals surface area contributed by atoms with E-state index in [2.05, 4.69) is 20.8 Å². The molecule has 0 aliphatic rings. The van der Waals surface area contributed by atoms with E-state index in [1.807, 2.05) is 0 Å². The number of quaternary nitrogens is 1. The number of rotatable bonds is 68. The lowest BCUT2D eigenvalue weighted by Gasteiger charge is -2.39. The van der Waals surface area contributed by atoms with Crippen molar-refractivity contribution in [3.63, 3.8) is 0 Å². The van der Waals surface area contributed by atoms with Crippen LogP contribution in [-0.2, 0) is 10.1 Å². The molecule has 0 amide bonds. The molecule has 0 atom stereocenters. The standard InChI is InChI=1S/C70H143NO3S/c1-4-7-10-13-16-19-22-25-28-31-34-37-40-43-46-49-52-55-58-61-64-67-71(70-75(72,73)74,68-65-62-59-56-53-50-47-44-41-38-35-32-29-26-23-20-17-14-11-8-5-2)69-66-63-60-57-54-51-48-45-42-39-36-33-30-27-24-21-18-15-12-9-6-3/h4-70H2,1-3H3. The van der Waals surface area contributed by atoms with Crippen molar-refractivity contribution in [2.24, 2.45) is 0 Å². The fraction of sp³-hybridized carbons (Fsp3) is 1.00. The van der Waals surface area contributed by atoms with Crippen LogP contribution in [0.25, 0.3) is 0 Å². The Hall–Kier alpha value is -0.130. The maximum absolute atomic E-state index is 12.5. The minimum atomic E-state index is -4.29. The van der Waals surface area contributed by atoms with Crippen LogP contribution in [0.2, 0.25) is 0 Å². The van der Waals surface area contributed by atoms with E-state index < -0.39 is 10.1 Å². The lowest BCUT2D eigenvalue weighted by molar-refractivity contribution is -0.918. The smallest absolute Gasteiger partial charge is 0.169 e. The maximum atomic E-state index is 12.5. The molecule has 0 rings (SSSR count). The summed E-state index contributed by atoms with van der Waals surface area (Å²) in [6.45, 7) is 9.53. The third-order valence-electron chi connectivity index (χ3n) is 17.6. The lowest BCUT2D eigenvalue weighted by Crippen LogP contribution is -2.53. The van der Waals surface area contributed by atoms with Gasteiger partial charge in [0.15, 0.2) is 5.88 Å². The van der Waals surface area contributed by atoms with Crippen molar-refractivity contribution in [3.05, 3.63) is 0 Å². The zero-order valence-corrected chi connectivity index (χ0v) is 53.3. The van der Waals surface area contributed by atoms with Gasteiger partial charge < -0.3 is 9.04 Å². The van der Waals surface area contributed by atoms with Crippen LogP contribution in [0.3, 0.4) is 0 Å². The van der Waals surface area contributed by atoms with Crippen molar-refractivity contribution in [3.8, 4) is 0 Å². The van der Waals surface area contributed by atoms with Gasteiger partial charge in [0.1, 0.15) is 10.1 Å². The highest BCUT2D eigenvalue weighted by Gasteiger charge is 2.29. The van der Waals surface area contributed by atoms with E-state index in [1.165, 1.54) is 385 Å². The third kappa shape index (κ3) is 62.9. The van der Waals surface area contributed by atoms with Gasteiger partial charge in [0.05, 0.1) is 19.6 Å². The summed E-state index contributed by atoms with van der Waals surface area (Å²) in [7, 11) is -4.29. The van der Waals surface area contributed by atoms with Gasteiger partial charge >= 0.3 is 0 Å². The number of hydrogen-bond donors (Lipinski definition) is 0. The van der Waals surface area contributed by atoms with Gasteiger partial charge in [-0.2, -0.15) is 0 Å². The molecule has 0 aliphatic carbocycles. The van der Waals surface area contributed by atoms with E-state index in [0.717, 1.165) is 38.9 Å². The molecule has 0 heterocycles. The van der Waals surface area contributed by atoms with Gasteiger partial charge in [0.2, 0.25) is 0 Å². The first-order valence-corrected chi connectivity index (χ1v) is 37.3. The Labute approximate surface area is 476 Å². The average Bonchev–Trinajstić information content (AvgIpc) is 3.39. The molecule has 0 radical (unpaired) electrons. The molecule has 0 saturated heterocycles. The fourth-order valence-corrected chi connectivity index (χ4v) is 13.6. The summed E-state index contributed by atoms with van der Waals surface area (Å²) in [6.07, 6.45) is 86.8. The SMILES string of the molecule is CCCCCCCCCCCCCCCCCCCCCCC[N+](CCCCCCCCCCCCCCCCCCCCCCC)(CCCCCCCCCCCCCCCCCCCCCCC)CS(=O)(=O)[O-]. The molecular weight excluding hydrogens is 935 g/mol. The fourth-order valence-electron chi connectivity index (χ4n) is 12.5. The maximum Gasteiger partial charge on any atom is 0.169 e. The normalized spacial score (nSPS) is 12.2. The van der Waals surface area contributed by atoms with E-state index >= 15 is 0 Å². The monoisotopic (exact) mass is 1080 g/mol. The molecular formula is C70H143NO3S. The van der Waals surface area contributed by atoms with Crippen LogP contribution >= 0.6 is 0 Å². The summed E-state index contributed by atoms with van der Waals surface area (Å²) in [4.78, 5) is 0. The van der Waals surface area contributed by atoms with E-state index in [0.29, 0.717) is 4.48 Å². The first-order valence-electron chi connectivity index (χ1n) is 35.7. The molecule has 0 aromatic heterocycles. The van der Waals surface area contributed by atoms with Gasteiger partial charge in [-0.05, 0) is 38.5 Å². The molecule has 0 N–H and O–H groups in total. The highest BCUT2D eigenvalue weighted by molar-refractivity contribution is 7.85. The topological polar surface area (TPSA) is 57.2 Å². The summed E-state index contributed by atoms with van der Waals surface area (Å²) >= 11 is 0. The second-order valence-electron chi connectivity index (χ2n) is 25.4. The van der Waals surface area contributed by atoms with Crippen LogP contribution in [0.5, 0.6) is 0 Å². The van der Waals surface area contributed by atoms with Crippen LogP contribution in [0.15, 0.2) is 0 Å². The van der Waals surface area contributed by atoms with E-state index in [-0.39, 0.29) is 5.88 Å². The van der Waals surface area contributed by atoms with Crippen molar-refractivity contribution in [1.29, 1.82) is 0 Å². The van der Waals surface area contributed by atoms with E-state index in [9.17, 15) is 13.0 Å². The van der Waals surface area contributed by atoms with Crippen LogP contribution < -0.4 is 0 Å². The van der Waals surface area contributed by atoms with Crippen molar-refractivity contribution in [1.82, 2.24) is 0 Å². The molecule has 452 valence electrons. The van der Waals surface area contributed by atoms with E-state index in [1.54, 1.807) is 0 Å². The van der Waals surface area contributed by atoms with Gasteiger partial charge in [-0.1, -0.05) is 387 Å². The van der Waals surface area contributed by atoms with Gasteiger partial charge in [0, 0.05) is 0 Å². The van der Waals surface area contributed by atoms with Crippen LogP contribution in [0.4, 0.5) is 0 Å². The van der Waals surface area contributed by atoms with Gasteiger partial charge in [0.25, 0.3) is 0 Å². The Morgan fingerprint density at radius 2 is 0.307 bits per heavy atom. The second kappa shape index (κ2) is 63.1. The quantitative estimate of drug-likeness (QED) is 0.0346. The molecule has 75 heavy (non-hydrogen) atoms. The highest BCUT2D eigenvalue weighted by atomic mass is 32.2. The summed E-state index contributed by atoms with van der Waals surface area (Å²) in [5, 5.41) is 0. The number of unbranched alkanes of at least 4 members (excludes halogenated alkanes) is 60. The van der Waals surface area contributed by atoms with Crippen molar-refractivity contribution in [2.75, 3.05) is 25.5 Å². The molecule has 5 heteroatoms. The highest BCUT2D eigenvalue weighted by Crippen LogP contribution is 2.23. The summed E-state index contributed by atoms with van der Waals surface area (Å²) in [5.41, 5.74) is 0. The molecule has 0 saturated carbocycles. The van der Waals surface area contributed by atoms with Crippen molar-refractivity contribution in [2.45, 2.75) is 425 Å². The molecule has 0 spiro atoms. The predicted octanol–water partition coefficient (Wildman–Crippen LogP) is 24.9. The van der Waals surface area contributed by atoms with Crippen LogP contribution in [0, 0.1) is 0 Å². The van der Waals surface area contributed by atoms with Crippen molar-refractivity contribution >= 4 is 10.1 Å². The molecule has 0 unspecified atom stereocenters. The summed E-state index contributed by atoms with van der Waals surface area (Å²) in [6, 6.07) is 0. The zero-order chi connectivity index (χ0) is 54.4. The minimum absolute atomic E-state index is 0.190. The minimum Gasteiger partial charge on any atom is -0.744 e. The molecule has 4 nitrogen and oxygen atoms in total. The third-order valence-corrected chi connectivity index (χ3v) is 18.5. The predicted molar refractivity (Wildman–Crippen MR) is 337 cm³/mol. The van der Waals surface area contributed by atoms with Crippen molar-refractivity contribution < 1.29 is 17.5 Å². The summed E-state index contributed by atoms with van der Waals surface area (Å²) in [5.74, 6) is -0.190. The van der Waals surface area contributed by atoms with Gasteiger partial charge in [-0.3, -0.25) is 0 Å². The first kappa shape index (κ1) is 74.9. The molecule has 0 aliphatic heterocycles. The second-order valence-corrected chi connectivity index (χ2v) is 26.8. The molecule has 0 aromatic rings.